The van der Waals surface area contributed by atoms with Gasteiger partial charge in [-0.15, -0.1) is 0 Å². The molecule has 192 valence electrons. The number of anilines is 1. The molecule has 3 aliphatic rings. The Morgan fingerprint density at radius 2 is 1.67 bits per heavy atom. The van der Waals surface area contributed by atoms with Crippen LogP contribution < -0.4 is 5.32 Å². The van der Waals surface area contributed by atoms with Gasteiger partial charge >= 0.3 is 0 Å². The van der Waals surface area contributed by atoms with Gasteiger partial charge in [-0.2, -0.15) is 0 Å². The zero-order valence-electron chi connectivity index (χ0n) is 20.6. The lowest BCUT2D eigenvalue weighted by Crippen LogP contribution is -2.63. The minimum atomic E-state index is -0.867. The Morgan fingerprint density at radius 3 is 2.36 bits per heavy atom. The van der Waals surface area contributed by atoms with E-state index in [-0.39, 0.29) is 36.6 Å². The van der Waals surface area contributed by atoms with E-state index in [0.717, 1.165) is 25.8 Å². The van der Waals surface area contributed by atoms with Crippen molar-refractivity contribution in [2.45, 2.75) is 57.0 Å². The summed E-state index contributed by atoms with van der Waals surface area (Å²) >= 11 is 0. The molecule has 2 aromatic rings. The van der Waals surface area contributed by atoms with Crippen molar-refractivity contribution >= 4 is 17.6 Å². The van der Waals surface area contributed by atoms with Crippen LogP contribution in [-0.4, -0.2) is 104 Å². The number of carbonyl (C=O) groups is 2. The maximum absolute atomic E-state index is 13.2. The third kappa shape index (κ3) is 5.21. The second-order valence-electron chi connectivity index (χ2n) is 10.0. The number of benzene rings is 1. The van der Waals surface area contributed by atoms with Crippen LogP contribution in [0.1, 0.15) is 41.4 Å². The van der Waals surface area contributed by atoms with E-state index < -0.39 is 18.2 Å². The number of aliphatic hydroxyl groups excluding tert-OH is 2. The Morgan fingerprint density at radius 1 is 0.972 bits per heavy atom. The standard InChI is InChI=1S/C26H34N6O4/c1-17(33)30-10-7-20(8-11-30)29-24-12-21(27-16-28-24)26(36)32-14-22(34)25(23(35)15-32)31-9-6-18-4-2-3-5-19(18)13-31/h2-5,12,16,20,22-23,25,34-35H,6-11,13-15H2,1H3,(H,27,28,29)/t22-,23+,25?. The first-order valence-electron chi connectivity index (χ1n) is 12.7. The lowest BCUT2D eigenvalue weighted by molar-refractivity contribution is -0.129. The number of aromatic nitrogens is 2. The van der Waals surface area contributed by atoms with Crippen LogP contribution >= 0.6 is 0 Å². The molecule has 5 rings (SSSR count). The van der Waals surface area contributed by atoms with Crippen LogP contribution in [0.5, 0.6) is 0 Å². The van der Waals surface area contributed by atoms with E-state index in [4.69, 9.17) is 0 Å². The Bertz CT molecular complexity index is 1090. The molecule has 1 aromatic heterocycles. The Labute approximate surface area is 210 Å². The molecule has 0 aliphatic carbocycles. The van der Waals surface area contributed by atoms with E-state index in [2.05, 4.69) is 32.3 Å². The normalized spacial score (nSPS) is 25.4. The molecule has 0 spiro atoms. The fourth-order valence-corrected chi connectivity index (χ4v) is 5.69. The fourth-order valence-electron chi connectivity index (χ4n) is 5.69. The van der Waals surface area contributed by atoms with Crippen LogP contribution in [0, 0.1) is 0 Å². The molecule has 10 nitrogen and oxygen atoms in total. The number of nitrogens with one attached hydrogen (secondary N) is 1. The topological polar surface area (TPSA) is 122 Å². The van der Waals surface area contributed by atoms with Gasteiger partial charge < -0.3 is 25.3 Å². The predicted octanol–water partition coefficient (Wildman–Crippen LogP) is 0.504. The average Bonchev–Trinajstić information content (AvgIpc) is 2.88. The van der Waals surface area contributed by atoms with E-state index in [1.54, 1.807) is 13.0 Å². The summed E-state index contributed by atoms with van der Waals surface area (Å²) in [6.45, 7) is 4.67. The van der Waals surface area contributed by atoms with Gasteiger partial charge in [-0.3, -0.25) is 14.5 Å². The number of β-amino-alcohol motifs (C(OH)–C–C–N with tert-alkyl or cyclic N) is 2. The summed E-state index contributed by atoms with van der Waals surface area (Å²) < 4.78 is 0. The van der Waals surface area contributed by atoms with Gasteiger partial charge in [-0.05, 0) is 30.4 Å². The Hall–Kier alpha value is -3.08. The van der Waals surface area contributed by atoms with Crippen molar-refractivity contribution < 1.29 is 19.8 Å². The number of aliphatic hydroxyl groups is 2. The summed E-state index contributed by atoms with van der Waals surface area (Å²) in [6, 6.07) is 9.61. The van der Waals surface area contributed by atoms with Crippen molar-refractivity contribution in [2.75, 3.05) is 38.0 Å². The highest BCUT2D eigenvalue weighted by Crippen LogP contribution is 2.26. The van der Waals surface area contributed by atoms with Crippen LogP contribution in [0.25, 0.3) is 0 Å². The highest BCUT2D eigenvalue weighted by atomic mass is 16.3. The molecule has 2 amide bonds. The largest absolute Gasteiger partial charge is 0.390 e. The van der Waals surface area contributed by atoms with E-state index in [1.165, 1.54) is 22.4 Å². The first-order chi connectivity index (χ1) is 17.4. The number of likely N-dealkylation sites (tertiary alicyclic amines) is 2. The van der Waals surface area contributed by atoms with Gasteiger partial charge in [0.15, 0.2) is 0 Å². The van der Waals surface area contributed by atoms with Crippen molar-refractivity contribution in [1.82, 2.24) is 24.7 Å². The van der Waals surface area contributed by atoms with Crippen LogP contribution in [0.2, 0.25) is 0 Å². The molecule has 0 saturated carbocycles. The van der Waals surface area contributed by atoms with Crippen molar-refractivity contribution in [1.29, 1.82) is 0 Å². The lowest BCUT2D eigenvalue weighted by atomic mass is 9.92. The Balaban J connectivity index is 1.20. The minimum absolute atomic E-state index is 0.0848. The molecule has 10 heteroatoms. The van der Waals surface area contributed by atoms with Gasteiger partial charge in [0, 0.05) is 58.3 Å². The van der Waals surface area contributed by atoms with Gasteiger partial charge in [0.05, 0.1) is 18.2 Å². The molecule has 3 atom stereocenters. The zero-order chi connectivity index (χ0) is 25.2. The highest BCUT2D eigenvalue weighted by molar-refractivity contribution is 5.93. The molecule has 0 radical (unpaired) electrons. The van der Waals surface area contributed by atoms with Crippen LogP contribution in [0.3, 0.4) is 0 Å². The van der Waals surface area contributed by atoms with Crippen molar-refractivity contribution in [3.8, 4) is 0 Å². The summed E-state index contributed by atoms with van der Waals surface area (Å²) in [5.74, 6) is 0.298. The molecule has 3 aliphatic heterocycles. The van der Waals surface area contributed by atoms with Gasteiger partial charge in [0.2, 0.25) is 5.91 Å². The van der Waals surface area contributed by atoms with Crippen molar-refractivity contribution in [2.24, 2.45) is 0 Å². The summed E-state index contributed by atoms with van der Waals surface area (Å²) in [4.78, 5) is 38.6. The summed E-state index contributed by atoms with van der Waals surface area (Å²) in [6.07, 6.45) is 2.10. The number of hydrogen-bond donors (Lipinski definition) is 3. The third-order valence-electron chi connectivity index (χ3n) is 7.65. The first-order valence-corrected chi connectivity index (χ1v) is 12.7. The SMILES string of the molecule is CC(=O)N1CCC(Nc2cc(C(=O)N3C[C@@H](O)C(N4CCc5ccccc5C4)[C@@H](O)C3)ncn2)CC1. The summed E-state index contributed by atoms with van der Waals surface area (Å²) in [5, 5.41) is 25.3. The summed E-state index contributed by atoms with van der Waals surface area (Å²) in [5.41, 5.74) is 2.75. The van der Waals surface area contributed by atoms with Gasteiger partial charge in [0.25, 0.3) is 5.91 Å². The lowest BCUT2D eigenvalue weighted by Gasteiger charge is -2.46. The average molecular weight is 495 g/mol. The van der Waals surface area contributed by atoms with E-state index in [9.17, 15) is 19.8 Å². The van der Waals surface area contributed by atoms with Crippen molar-refractivity contribution in [3.05, 3.63) is 53.5 Å². The molecule has 1 aromatic carbocycles. The van der Waals surface area contributed by atoms with Gasteiger partial charge in [-0.25, -0.2) is 9.97 Å². The number of nitrogens with zero attached hydrogens (tertiary/aromatic N) is 5. The predicted molar refractivity (Wildman–Crippen MR) is 133 cm³/mol. The van der Waals surface area contributed by atoms with Crippen LogP contribution in [-0.2, 0) is 17.8 Å². The highest BCUT2D eigenvalue weighted by Gasteiger charge is 2.41. The number of amides is 2. The molecule has 4 heterocycles. The quantitative estimate of drug-likeness (QED) is 0.562. The number of fused-ring (bicyclic) bond motifs is 1. The Kier molecular flexibility index (Phi) is 7.17. The van der Waals surface area contributed by atoms with E-state index >= 15 is 0 Å². The molecular weight excluding hydrogens is 460 g/mol. The molecule has 1 unspecified atom stereocenters. The van der Waals surface area contributed by atoms with E-state index in [0.29, 0.717) is 25.5 Å². The number of hydrogen-bond acceptors (Lipinski definition) is 8. The zero-order valence-corrected chi connectivity index (χ0v) is 20.6. The molecule has 0 bridgehead atoms. The van der Waals surface area contributed by atoms with Crippen molar-refractivity contribution in [3.63, 3.8) is 0 Å². The number of piperidine rings is 2. The molecule has 2 fully saturated rings. The number of rotatable bonds is 4. The second-order valence-corrected chi connectivity index (χ2v) is 10.0. The number of carbonyl (C=O) groups excluding carboxylic acids is 2. The maximum Gasteiger partial charge on any atom is 0.272 e. The van der Waals surface area contributed by atoms with Gasteiger partial charge in [-0.1, -0.05) is 24.3 Å². The maximum atomic E-state index is 13.2. The molecule has 3 N–H and O–H groups in total. The molecule has 36 heavy (non-hydrogen) atoms. The fraction of sp³-hybridized carbons (Fsp3) is 0.538. The van der Waals surface area contributed by atoms with E-state index in [1.807, 2.05) is 17.0 Å². The van der Waals surface area contributed by atoms with Crippen LogP contribution in [0.15, 0.2) is 36.7 Å². The second kappa shape index (κ2) is 10.5. The first kappa shape index (κ1) is 24.6. The summed E-state index contributed by atoms with van der Waals surface area (Å²) in [7, 11) is 0. The smallest absolute Gasteiger partial charge is 0.272 e. The van der Waals surface area contributed by atoms with Gasteiger partial charge in [0.1, 0.15) is 17.8 Å². The van der Waals surface area contributed by atoms with Crippen LogP contribution in [0.4, 0.5) is 5.82 Å². The third-order valence-corrected chi connectivity index (χ3v) is 7.65. The molecular formula is C26H34N6O4. The molecule has 2 saturated heterocycles. The monoisotopic (exact) mass is 494 g/mol. The minimum Gasteiger partial charge on any atom is -0.390 e.